The number of fused-ring (bicyclic) bond motifs is 1. The summed E-state index contributed by atoms with van der Waals surface area (Å²) in [5.41, 5.74) is 2.27. The molecule has 5 rings (SSSR count). The predicted octanol–water partition coefficient (Wildman–Crippen LogP) is 3.11. The molecule has 0 unspecified atom stereocenters. The molecule has 1 aliphatic rings. The van der Waals surface area contributed by atoms with Crippen LogP contribution in [0.1, 0.15) is 48.9 Å². The number of likely N-dealkylation sites (tertiary alicyclic amines) is 1. The van der Waals surface area contributed by atoms with Gasteiger partial charge in [-0.25, -0.2) is 4.52 Å². The first-order valence-corrected chi connectivity index (χ1v) is 11.3. The summed E-state index contributed by atoms with van der Waals surface area (Å²) >= 11 is 0. The number of carbonyl (C=O) groups is 1. The van der Waals surface area contributed by atoms with E-state index >= 15 is 0 Å². The fourth-order valence-corrected chi connectivity index (χ4v) is 4.33. The van der Waals surface area contributed by atoms with E-state index in [1.165, 1.54) is 0 Å². The van der Waals surface area contributed by atoms with Crippen LogP contribution in [0.4, 0.5) is 0 Å². The highest BCUT2D eigenvalue weighted by molar-refractivity contribution is 5.76. The van der Waals surface area contributed by atoms with Gasteiger partial charge >= 0.3 is 0 Å². The monoisotopic (exact) mass is 446 g/mol. The van der Waals surface area contributed by atoms with Crippen LogP contribution in [0.3, 0.4) is 0 Å². The lowest BCUT2D eigenvalue weighted by Gasteiger charge is -2.30. The van der Waals surface area contributed by atoms with Gasteiger partial charge < -0.3 is 14.3 Å². The number of benzene rings is 1. The van der Waals surface area contributed by atoms with Crippen LogP contribution < -0.4 is 5.56 Å². The van der Waals surface area contributed by atoms with E-state index in [-0.39, 0.29) is 17.4 Å². The minimum atomic E-state index is -0.155. The van der Waals surface area contributed by atoms with Crippen molar-refractivity contribution in [1.29, 1.82) is 0 Å². The van der Waals surface area contributed by atoms with Crippen LogP contribution in [0.2, 0.25) is 0 Å². The van der Waals surface area contributed by atoms with Crippen molar-refractivity contribution in [3.8, 4) is 11.5 Å². The Labute approximate surface area is 190 Å². The summed E-state index contributed by atoms with van der Waals surface area (Å²) < 4.78 is 7.50. The number of rotatable bonds is 6. The zero-order valence-corrected chi connectivity index (χ0v) is 18.5. The predicted molar refractivity (Wildman–Crippen MR) is 122 cm³/mol. The topological polar surface area (TPSA) is 109 Å². The molecule has 0 bridgehead atoms. The molecule has 0 saturated carbocycles. The summed E-state index contributed by atoms with van der Waals surface area (Å²) in [6, 6.07) is 11.5. The lowest BCUT2D eigenvalue weighted by atomic mass is 9.96. The summed E-state index contributed by atoms with van der Waals surface area (Å²) in [7, 11) is 0. The third-order valence-corrected chi connectivity index (χ3v) is 6.12. The highest BCUT2D eigenvalue weighted by Crippen LogP contribution is 2.29. The molecule has 4 aromatic rings. The Morgan fingerprint density at radius 2 is 1.97 bits per heavy atom. The van der Waals surface area contributed by atoms with E-state index in [4.69, 9.17) is 4.42 Å². The van der Waals surface area contributed by atoms with E-state index in [0.717, 1.165) is 24.0 Å². The van der Waals surface area contributed by atoms with Crippen LogP contribution in [0.15, 0.2) is 51.8 Å². The number of aromatic nitrogens is 5. The van der Waals surface area contributed by atoms with Crippen molar-refractivity contribution in [2.24, 2.45) is 0 Å². The molecule has 0 aliphatic carbocycles. The van der Waals surface area contributed by atoms with Crippen molar-refractivity contribution in [1.82, 2.24) is 29.7 Å². The van der Waals surface area contributed by atoms with Crippen molar-refractivity contribution in [3.05, 3.63) is 70.2 Å². The number of nitrogens with one attached hydrogen (secondary N) is 1. The second-order valence-electron chi connectivity index (χ2n) is 8.57. The standard InChI is InChI=1S/C24H26N6O3/c1-16-14-19-22(32)25-20(28-30(19)15-16)8-5-9-21(31)29-12-10-18(11-13-29)24-27-26-23(33-24)17-6-3-2-4-7-17/h2-4,6-7,14-15,18H,5,8-13H2,1H3,(H,25,28,32). The van der Waals surface area contributed by atoms with Gasteiger partial charge in [-0.15, -0.1) is 10.2 Å². The molecule has 170 valence electrons. The Morgan fingerprint density at radius 3 is 2.76 bits per heavy atom. The van der Waals surface area contributed by atoms with Gasteiger partial charge in [-0.1, -0.05) is 18.2 Å². The van der Waals surface area contributed by atoms with Crippen LogP contribution in [0, 0.1) is 6.92 Å². The van der Waals surface area contributed by atoms with Crippen molar-refractivity contribution >= 4 is 11.4 Å². The molecule has 9 heteroatoms. The van der Waals surface area contributed by atoms with Crippen molar-refractivity contribution < 1.29 is 9.21 Å². The highest BCUT2D eigenvalue weighted by Gasteiger charge is 2.27. The zero-order valence-electron chi connectivity index (χ0n) is 18.5. The maximum Gasteiger partial charge on any atom is 0.275 e. The Morgan fingerprint density at radius 1 is 1.18 bits per heavy atom. The molecule has 3 aromatic heterocycles. The summed E-state index contributed by atoms with van der Waals surface area (Å²) in [4.78, 5) is 29.6. The molecule has 0 radical (unpaired) electrons. The minimum Gasteiger partial charge on any atom is -0.420 e. The van der Waals surface area contributed by atoms with Crippen molar-refractivity contribution in [3.63, 3.8) is 0 Å². The average Bonchev–Trinajstić information content (AvgIpc) is 3.47. The number of piperidine rings is 1. The van der Waals surface area contributed by atoms with E-state index < -0.39 is 0 Å². The second kappa shape index (κ2) is 9.01. The van der Waals surface area contributed by atoms with Gasteiger partial charge in [0.15, 0.2) is 0 Å². The normalized spacial score (nSPS) is 14.8. The molecular formula is C24H26N6O3. The molecule has 33 heavy (non-hydrogen) atoms. The molecule has 0 spiro atoms. The lowest BCUT2D eigenvalue weighted by molar-refractivity contribution is -0.132. The summed E-state index contributed by atoms with van der Waals surface area (Å²) in [5.74, 6) is 2.07. The number of nitrogens with zero attached hydrogens (tertiary/aromatic N) is 5. The molecule has 1 aromatic carbocycles. The molecule has 1 amide bonds. The van der Waals surface area contributed by atoms with Crippen molar-refractivity contribution in [2.45, 2.75) is 44.9 Å². The molecule has 1 saturated heterocycles. The first-order chi connectivity index (χ1) is 16.1. The van der Waals surface area contributed by atoms with Gasteiger partial charge in [-0.3, -0.25) is 9.59 Å². The van der Waals surface area contributed by atoms with Crippen LogP contribution >= 0.6 is 0 Å². The maximum absolute atomic E-state index is 12.7. The molecule has 4 heterocycles. The third-order valence-electron chi connectivity index (χ3n) is 6.12. The van der Waals surface area contributed by atoms with E-state index in [1.54, 1.807) is 10.6 Å². The fourth-order valence-electron chi connectivity index (χ4n) is 4.33. The molecule has 0 atom stereocenters. The lowest BCUT2D eigenvalue weighted by Crippen LogP contribution is -2.37. The van der Waals surface area contributed by atoms with Gasteiger partial charge in [-0.2, -0.15) is 5.10 Å². The SMILES string of the molecule is Cc1cc2c(=O)[nH]c(CCCC(=O)N3CCC(c4nnc(-c5ccccc5)o4)CC3)nn2c1. The van der Waals surface area contributed by atoms with Crippen molar-refractivity contribution in [2.75, 3.05) is 13.1 Å². The van der Waals surface area contributed by atoms with Gasteiger partial charge in [0.05, 0.1) is 0 Å². The van der Waals surface area contributed by atoms with E-state index in [0.29, 0.717) is 55.5 Å². The number of carbonyl (C=O) groups excluding carboxylic acids is 1. The van der Waals surface area contributed by atoms with Gasteiger partial charge in [0.1, 0.15) is 11.3 Å². The summed E-state index contributed by atoms with van der Waals surface area (Å²) in [6.07, 6.45) is 5.05. The van der Waals surface area contributed by atoms with Gasteiger partial charge in [0.25, 0.3) is 5.56 Å². The number of amides is 1. The quantitative estimate of drug-likeness (QED) is 0.487. The van der Waals surface area contributed by atoms with Gasteiger partial charge in [0, 0.05) is 43.6 Å². The van der Waals surface area contributed by atoms with E-state index in [2.05, 4.69) is 20.3 Å². The Hall–Kier alpha value is -3.75. The molecule has 1 fully saturated rings. The smallest absolute Gasteiger partial charge is 0.275 e. The van der Waals surface area contributed by atoms with Gasteiger partial charge in [-0.05, 0) is 49.9 Å². The molecule has 9 nitrogen and oxygen atoms in total. The Bertz CT molecular complexity index is 1310. The number of H-pyrrole nitrogens is 1. The second-order valence-corrected chi connectivity index (χ2v) is 8.57. The number of aromatic amines is 1. The Balaban J connectivity index is 1.12. The van der Waals surface area contributed by atoms with Gasteiger partial charge in [0.2, 0.25) is 17.7 Å². The third kappa shape index (κ3) is 4.57. The molecule has 1 aliphatic heterocycles. The maximum atomic E-state index is 12.7. The fraction of sp³-hybridized carbons (Fsp3) is 0.375. The van der Waals surface area contributed by atoms with Crippen LogP contribution in [-0.2, 0) is 11.2 Å². The molecule has 1 N–H and O–H groups in total. The van der Waals surface area contributed by atoms with E-state index in [9.17, 15) is 9.59 Å². The first kappa shape index (κ1) is 21.1. The largest absolute Gasteiger partial charge is 0.420 e. The highest BCUT2D eigenvalue weighted by atomic mass is 16.4. The minimum absolute atomic E-state index is 0.129. The number of hydrogen-bond donors (Lipinski definition) is 1. The summed E-state index contributed by atoms with van der Waals surface area (Å²) in [6.45, 7) is 3.28. The van der Waals surface area contributed by atoms with Crippen LogP contribution in [0.25, 0.3) is 17.0 Å². The average molecular weight is 447 g/mol. The Kier molecular flexibility index (Phi) is 5.77. The van der Waals surface area contributed by atoms with E-state index in [1.807, 2.05) is 48.4 Å². The zero-order chi connectivity index (χ0) is 22.8. The molecular weight excluding hydrogens is 420 g/mol. The van der Waals surface area contributed by atoms with Crippen LogP contribution in [0.5, 0.6) is 0 Å². The number of hydrogen-bond acceptors (Lipinski definition) is 6. The first-order valence-electron chi connectivity index (χ1n) is 11.3. The van der Waals surface area contributed by atoms with Crippen LogP contribution in [-0.4, -0.2) is 48.7 Å². The number of aryl methyl sites for hydroxylation is 2. The summed E-state index contributed by atoms with van der Waals surface area (Å²) in [5, 5.41) is 12.9.